The average molecular weight is 135 g/mol. The lowest BCUT2D eigenvalue weighted by Crippen LogP contribution is -2.22. The van der Waals surface area contributed by atoms with E-state index < -0.39 is 5.79 Å². The highest BCUT2D eigenvalue weighted by Crippen LogP contribution is 2.21. The van der Waals surface area contributed by atoms with Crippen molar-refractivity contribution in [3.63, 3.8) is 0 Å². The van der Waals surface area contributed by atoms with Gasteiger partial charge in [0, 0.05) is 0 Å². The third kappa shape index (κ3) is 1.64. The maximum Gasteiger partial charge on any atom is 0.163 e. The minimum absolute atomic E-state index is 0.0451. The van der Waals surface area contributed by atoms with Crippen LogP contribution in [0.1, 0.15) is 13.8 Å². The normalized spacial score (nSPS) is 33.0. The van der Waals surface area contributed by atoms with Crippen molar-refractivity contribution in [3.8, 4) is 0 Å². The SMILES string of the molecule is CC1(C)O[13CH2][13CH]([13CH2]O)O1. The molecule has 1 atom stereocenters. The summed E-state index contributed by atoms with van der Waals surface area (Å²) < 4.78 is 10.4. The first-order valence-electron chi connectivity index (χ1n) is 3.07. The summed E-state index contributed by atoms with van der Waals surface area (Å²) >= 11 is 0. The van der Waals surface area contributed by atoms with E-state index in [2.05, 4.69) is 0 Å². The first-order chi connectivity index (χ1) is 4.14. The Bertz CT molecular complexity index is 100. The van der Waals surface area contributed by atoms with Gasteiger partial charge in [-0.3, -0.25) is 0 Å². The molecule has 1 rings (SSSR count). The van der Waals surface area contributed by atoms with Gasteiger partial charge >= 0.3 is 0 Å². The molecule has 3 nitrogen and oxygen atoms in total. The van der Waals surface area contributed by atoms with Crippen LogP contribution in [0.3, 0.4) is 0 Å². The van der Waals surface area contributed by atoms with Crippen LogP contribution in [0.4, 0.5) is 0 Å². The molecule has 1 fully saturated rings. The summed E-state index contributed by atoms with van der Waals surface area (Å²) in [5.74, 6) is -0.493. The molecule has 1 N–H and O–H groups in total. The van der Waals surface area contributed by atoms with Crippen LogP contribution in [0.5, 0.6) is 0 Å². The van der Waals surface area contributed by atoms with E-state index in [4.69, 9.17) is 14.6 Å². The van der Waals surface area contributed by atoms with E-state index >= 15 is 0 Å². The molecule has 1 aliphatic rings. The predicted octanol–water partition coefficient (Wildman–Crippen LogP) is 0.130. The van der Waals surface area contributed by atoms with Crippen molar-refractivity contribution in [1.29, 1.82) is 0 Å². The zero-order chi connectivity index (χ0) is 6.91. The summed E-state index contributed by atoms with van der Waals surface area (Å²) in [6, 6.07) is 0. The summed E-state index contributed by atoms with van der Waals surface area (Å²) in [7, 11) is 0. The zero-order valence-electron chi connectivity index (χ0n) is 5.76. The fourth-order valence-electron chi connectivity index (χ4n) is 0.853. The van der Waals surface area contributed by atoms with Crippen LogP contribution in [-0.4, -0.2) is 30.2 Å². The van der Waals surface area contributed by atoms with Gasteiger partial charge in [-0.25, -0.2) is 0 Å². The van der Waals surface area contributed by atoms with Crippen molar-refractivity contribution in [2.24, 2.45) is 0 Å². The summed E-state index contributed by atoms with van der Waals surface area (Å²) in [6.45, 7) is 4.22. The molecule has 1 heterocycles. The highest BCUT2D eigenvalue weighted by atomic mass is 16.8. The van der Waals surface area contributed by atoms with Gasteiger partial charge in [0.2, 0.25) is 0 Å². The van der Waals surface area contributed by atoms with Gasteiger partial charge in [0.15, 0.2) is 5.79 Å². The van der Waals surface area contributed by atoms with Crippen molar-refractivity contribution in [2.75, 3.05) is 13.2 Å². The Morgan fingerprint density at radius 3 is 2.56 bits per heavy atom. The van der Waals surface area contributed by atoms with E-state index in [9.17, 15) is 0 Å². The topological polar surface area (TPSA) is 38.7 Å². The first-order valence-corrected chi connectivity index (χ1v) is 3.07. The number of hydrogen-bond donors (Lipinski definition) is 1. The molecule has 0 aromatic carbocycles. The second kappa shape index (κ2) is 2.25. The minimum atomic E-state index is -0.493. The molecule has 0 aromatic rings. The largest absolute Gasteiger partial charge is 0.394 e. The lowest BCUT2D eigenvalue weighted by molar-refractivity contribution is -0.142. The molecule has 0 spiro atoms. The van der Waals surface area contributed by atoms with E-state index in [0.29, 0.717) is 6.61 Å². The van der Waals surface area contributed by atoms with Gasteiger partial charge in [0.1, 0.15) is 6.10 Å². The Labute approximate surface area is 54.6 Å². The number of aliphatic hydroxyl groups excluding tert-OH is 1. The molecule has 0 aromatic heterocycles. The molecular weight excluding hydrogens is 123 g/mol. The van der Waals surface area contributed by atoms with E-state index in [0.717, 1.165) is 0 Å². The van der Waals surface area contributed by atoms with Gasteiger partial charge in [0.05, 0.1) is 13.2 Å². The fraction of sp³-hybridized carbons (Fsp3) is 1.00. The van der Waals surface area contributed by atoms with Crippen molar-refractivity contribution < 1.29 is 14.6 Å². The van der Waals surface area contributed by atoms with Crippen LogP contribution >= 0.6 is 0 Å². The van der Waals surface area contributed by atoms with Crippen molar-refractivity contribution in [2.45, 2.75) is 25.7 Å². The molecule has 0 amide bonds. The Hall–Kier alpha value is -0.120. The van der Waals surface area contributed by atoms with Crippen LogP contribution in [0.2, 0.25) is 0 Å². The quantitative estimate of drug-likeness (QED) is 0.519. The highest BCUT2D eigenvalue weighted by Gasteiger charge is 2.31. The predicted molar refractivity (Wildman–Crippen MR) is 32.0 cm³/mol. The van der Waals surface area contributed by atoms with Crippen LogP contribution in [0.25, 0.3) is 0 Å². The Balaban J connectivity index is 2.38. The number of rotatable bonds is 1. The van der Waals surface area contributed by atoms with Gasteiger partial charge in [-0.1, -0.05) is 0 Å². The Kier molecular flexibility index (Phi) is 1.75. The Morgan fingerprint density at radius 1 is 1.67 bits per heavy atom. The molecule has 3 heteroatoms. The van der Waals surface area contributed by atoms with Crippen LogP contribution in [-0.2, 0) is 9.47 Å². The molecular formula is C6H12O3. The lowest BCUT2D eigenvalue weighted by atomic mass is 10.4. The van der Waals surface area contributed by atoms with Crippen LogP contribution in [0.15, 0.2) is 0 Å². The lowest BCUT2D eigenvalue weighted by Gasteiger charge is -2.15. The number of ether oxygens (including phenoxy) is 2. The highest BCUT2D eigenvalue weighted by molar-refractivity contribution is 4.69. The van der Waals surface area contributed by atoms with Gasteiger partial charge in [-0.15, -0.1) is 0 Å². The smallest absolute Gasteiger partial charge is 0.163 e. The van der Waals surface area contributed by atoms with Crippen LogP contribution < -0.4 is 0 Å². The fourth-order valence-corrected chi connectivity index (χ4v) is 0.853. The van der Waals surface area contributed by atoms with Gasteiger partial charge in [0.25, 0.3) is 0 Å². The molecule has 1 unspecified atom stereocenters. The third-order valence-electron chi connectivity index (χ3n) is 1.27. The molecule has 0 aliphatic carbocycles. The molecule has 9 heavy (non-hydrogen) atoms. The summed E-state index contributed by atoms with van der Waals surface area (Å²) in [6.07, 6.45) is -0.125. The standard InChI is InChI=1S/C6H12O3/c1-6(2)8-4-5(3-7)9-6/h5,7H,3-4H2,1-2H3/i3+1,4+1,5+1. The summed E-state index contributed by atoms with van der Waals surface area (Å²) in [5.41, 5.74) is 0. The minimum Gasteiger partial charge on any atom is -0.394 e. The molecule has 0 bridgehead atoms. The second-order valence-corrected chi connectivity index (χ2v) is 2.63. The molecule has 0 radical (unpaired) electrons. The van der Waals surface area contributed by atoms with Crippen molar-refractivity contribution in [1.82, 2.24) is 0 Å². The number of hydrogen-bond acceptors (Lipinski definition) is 3. The molecule has 1 saturated heterocycles. The van der Waals surface area contributed by atoms with Gasteiger partial charge in [-0.2, -0.15) is 0 Å². The average Bonchev–Trinajstić information content (AvgIpc) is 2.10. The molecule has 0 saturated carbocycles. The van der Waals surface area contributed by atoms with Crippen molar-refractivity contribution >= 4 is 0 Å². The monoisotopic (exact) mass is 135 g/mol. The zero-order valence-corrected chi connectivity index (χ0v) is 5.76. The van der Waals surface area contributed by atoms with E-state index in [1.54, 1.807) is 0 Å². The Morgan fingerprint density at radius 2 is 2.33 bits per heavy atom. The maximum atomic E-state index is 8.59. The summed E-state index contributed by atoms with van der Waals surface area (Å²) in [4.78, 5) is 0. The molecule has 1 aliphatic heterocycles. The van der Waals surface area contributed by atoms with Crippen molar-refractivity contribution in [3.05, 3.63) is 0 Å². The summed E-state index contributed by atoms with van der Waals surface area (Å²) in [5, 5.41) is 8.59. The van der Waals surface area contributed by atoms with Gasteiger partial charge in [-0.05, 0) is 13.8 Å². The molecule has 54 valence electrons. The van der Waals surface area contributed by atoms with E-state index in [1.807, 2.05) is 13.8 Å². The van der Waals surface area contributed by atoms with Gasteiger partial charge < -0.3 is 14.6 Å². The number of aliphatic hydroxyl groups is 1. The second-order valence-electron chi connectivity index (χ2n) is 2.63. The first kappa shape index (κ1) is 6.99. The maximum absolute atomic E-state index is 8.59. The van der Waals surface area contributed by atoms with E-state index in [1.165, 1.54) is 0 Å². The van der Waals surface area contributed by atoms with E-state index in [-0.39, 0.29) is 12.7 Å². The van der Waals surface area contributed by atoms with Crippen LogP contribution in [0, 0.1) is 0 Å². The third-order valence-corrected chi connectivity index (χ3v) is 1.27.